The predicted octanol–water partition coefficient (Wildman–Crippen LogP) is 3.53. The first kappa shape index (κ1) is 18.9. The third kappa shape index (κ3) is 3.62. The van der Waals surface area contributed by atoms with E-state index < -0.39 is 5.82 Å². The number of hydrogen-bond donors (Lipinski definition) is 1. The summed E-state index contributed by atoms with van der Waals surface area (Å²) in [5.74, 6) is -1.07. The number of urea groups is 1. The van der Waals surface area contributed by atoms with Gasteiger partial charge in [-0.3, -0.25) is 14.5 Å². The lowest BCUT2D eigenvalue weighted by atomic mass is 9.90. The molecule has 1 N–H and O–H groups in total. The molecule has 1 aliphatic heterocycles. The highest BCUT2D eigenvalue weighted by Crippen LogP contribution is 2.38. The third-order valence-electron chi connectivity index (χ3n) is 6.25. The maximum Gasteiger partial charge on any atom is 0.327 e. The first-order chi connectivity index (χ1) is 13.5. The fourth-order valence-electron chi connectivity index (χ4n) is 4.94. The molecule has 28 heavy (non-hydrogen) atoms. The van der Waals surface area contributed by atoms with E-state index in [1.807, 2.05) is 0 Å². The summed E-state index contributed by atoms with van der Waals surface area (Å²) in [5, 5.41) is 2.66. The van der Waals surface area contributed by atoms with Crippen molar-refractivity contribution in [1.29, 1.82) is 0 Å². The Hall–Kier alpha value is -2.44. The molecule has 1 saturated heterocycles. The lowest BCUT2D eigenvalue weighted by Crippen LogP contribution is -2.64. The topological polar surface area (TPSA) is 69.7 Å². The summed E-state index contributed by atoms with van der Waals surface area (Å²) < 4.78 is 13.4. The molecular weight excluding hydrogens is 361 g/mol. The molecule has 0 aromatic heterocycles. The molecule has 3 aliphatic rings. The lowest BCUT2D eigenvalue weighted by molar-refractivity contribution is -0.141. The van der Waals surface area contributed by atoms with Crippen LogP contribution in [0.15, 0.2) is 24.3 Å². The van der Waals surface area contributed by atoms with Crippen molar-refractivity contribution >= 4 is 23.5 Å². The first-order valence-corrected chi connectivity index (χ1v) is 10.2. The van der Waals surface area contributed by atoms with Crippen LogP contribution in [0.5, 0.6) is 0 Å². The molecule has 2 saturated carbocycles. The Labute approximate surface area is 164 Å². The number of rotatable bonds is 4. The van der Waals surface area contributed by atoms with Gasteiger partial charge in [0.25, 0.3) is 0 Å². The molecule has 4 rings (SSSR count). The van der Waals surface area contributed by atoms with E-state index in [0.29, 0.717) is 5.69 Å². The highest BCUT2D eigenvalue weighted by Gasteiger charge is 2.50. The van der Waals surface area contributed by atoms with Gasteiger partial charge in [-0.05, 0) is 43.9 Å². The number of benzene rings is 1. The second kappa shape index (κ2) is 7.89. The lowest BCUT2D eigenvalue weighted by Gasteiger charge is -2.45. The zero-order chi connectivity index (χ0) is 19.7. The molecule has 1 aromatic carbocycles. The summed E-state index contributed by atoms with van der Waals surface area (Å²) in [4.78, 5) is 41.8. The molecule has 7 heteroatoms. The van der Waals surface area contributed by atoms with Crippen molar-refractivity contribution in [2.75, 3.05) is 11.9 Å². The molecule has 2 aliphatic carbocycles. The van der Waals surface area contributed by atoms with Crippen molar-refractivity contribution in [3.8, 4) is 0 Å². The summed E-state index contributed by atoms with van der Waals surface area (Å²) in [6.07, 6.45) is 7.27. The normalized spacial score (nSPS) is 25.8. The van der Waals surface area contributed by atoms with Gasteiger partial charge < -0.3 is 10.2 Å². The number of carbonyl (C=O) groups is 3. The van der Waals surface area contributed by atoms with Crippen molar-refractivity contribution in [1.82, 2.24) is 9.80 Å². The van der Waals surface area contributed by atoms with Crippen molar-refractivity contribution in [2.45, 2.75) is 63.5 Å². The minimum Gasteiger partial charge on any atom is -0.324 e. The predicted molar refractivity (Wildman–Crippen MR) is 102 cm³/mol. The standard InChI is InChI=1S/C21H26FN3O3/c22-14-6-4-7-15(12-14)23-19(26)13-24-18-11-5-10-17(18)20(27)25(21(24)28)16-8-2-1-3-9-16/h4,6-7,12,16-18H,1-3,5,8-11,13H2,(H,23,26). The number of hydrogen-bond acceptors (Lipinski definition) is 3. The van der Waals surface area contributed by atoms with Gasteiger partial charge in [-0.25, -0.2) is 9.18 Å². The monoisotopic (exact) mass is 387 g/mol. The van der Waals surface area contributed by atoms with Gasteiger partial charge in [0.05, 0.1) is 5.92 Å². The van der Waals surface area contributed by atoms with E-state index in [2.05, 4.69) is 5.32 Å². The van der Waals surface area contributed by atoms with Crippen molar-refractivity contribution in [3.63, 3.8) is 0 Å². The second-order valence-corrected chi connectivity index (χ2v) is 8.07. The Morgan fingerprint density at radius 2 is 1.86 bits per heavy atom. The third-order valence-corrected chi connectivity index (χ3v) is 6.25. The van der Waals surface area contributed by atoms with Crippen LogP contribution in [0.2, 0.25) is 0 Å². The fraction of sp³-hybridized carbons (Fsp3) is 0.571. The minimum atomic E-state index is -0.434. The molecular formula is C21H26FN3O3. The van der Waals surface area contributed by atoms with Crippen LogP contribution in [0.4, 0.5) is 14.9 Å². The van der Waals surface area contributed by atoms with Crippen LogP contribution < -0.4 is 5.32 Å². The molecule has 1 heterocycles. The number of nitrogens with zero attached hydrogens (tertiary/aromatic N) is 2. The van der Waals surface area contributed by atoms with Gasteiger partial charge in [0.15, 0.2) is 0 Å². The summed E-state index contributed by atoms with van der Waals surface area (Å²) in [6.45, 7) is -0.118. The number of carbonyl (C=O) groups excluding carboxylic acids is 3. The number of fused-ring (bicyclic) bond motifs is 1. The molecule has 1 aromatic rings. The van der Waals surface area contributed by atoms with Crippen LogP contribution in [0, 0.1) is 11.7 Å². The number of nitrogens with one attached hydrogen (secondary N) is 1. The van der Waals surface area contributed by atoms with E-state index in [4.69, 9.17) is 0 Å². The van der Waals surface area contributed by atoms with Gasteiger partial charge in [-0.15, -0.1) is 0 Å². The van der Waals surface area contributed by atoms with Crippen molar-refractivity contribution in [3.05, 3.63) is 30.1 Å². The molecule has 2 unspecified atom stereocenters. The maximum absolute atomic E-state index is 13.4. The zero-order valence-electron chi connectivity index (χ0n) is 15.9. The fourth-order valence-corrected chi connectivity index (χ4v) is 4.94. The highest BCUT2D eigenvalue weighted by molar-refractivity contribution is 6.02. The Morgan fingerprint density at radius 1 is 1.07 bits per heavy atom. The van der Waals surface area contributed by atoms with Crippen LogP contribution in [0.1, 0.15) is 51.4 Å². The Bertz CT molecular complexity index is 778. The summed E-state index contributed by atoms with van der Waals surface area (Å²) in [7, 11) is 0. The smallest absolute Gasteiger partial charge is 0.324 e. The number of anilines is 1. The van der Waals surface area contributed by atoms with E-state index in [0.717, 1.165) is 51.4 Å². The summed E-state index contributed by atoms with van der Waals surface area (Å²) in [6, 6.07) is 5.08. The molecule has 2 atom stereocenters. The number of amides is 4. The van der Waals surface area contributed by atoms with Crippen LogP contribution in [0.25, 0.3) is 0 Å². The molecule has 6 nitrogen and oxygen atoms in total. The quantitative estimate of drug-likeness (QED) is 0.859. The van der Waals surface area contributed by atoms with Crippen LogP contribution >= 0.6 is 0 Å². The van der Waals surface area contributed by atoms with Crippen LogP contribution in [-0.2, 0) is 9.59 Å². The molecule has 150 valence electrons. The van der Waals surface area contributed by atoms with Gasteiger partial charge in [0.2, 0.25) is 11.8 Å². The average molecular weight is 387 g/mol. The van der Waals surface area contributed by atoms with Gasteiger partial charge in [-0.2, -0.15) is 0 Å². The average Bonchev–Trinajstić information content (AvgIpc) is 3.16. The Balaban J connectivity index is 1.51. The molecule has 4 amide bonds. The van der Waals surface area contributed by atoms with Crippen LogP contribution in [-0.4, -0.2) is 46.3 Å². The Kier molecular flexibility index (Phi) is 5.33. The summed E-state index contributed by atoms with van der Waals surface area (Å²) in [5.41, 5.74) is 0.359. The molecule has 0 radical (unpaired) electrons. The largest absolute Gasteiger partial charge is 0.327 e. The molecule has 3 fully saturated rings. The van der Waals surface area contributed by atoms with Gasteiger partial charge in [-0.1, -0.05) is 31.7 Å². The van der Waals surface area contributed by atoms with Gasteiger partial charge in [0.1, 0.15) is 12.4 Å². The number of imide groups is 1. The van der Waals surface area contributed by atoms with E-state index in [1.165, 1.54) is 23.1 Å². The summed E-state index contributed by atoms with van der Waals surface area (Å²) >= 11 is 0. The second-order valence-electron chi connectivity index (χ2n) is 8.07. The van der Waals surface area contributed by atoms with E-state index in [1.54, 1.807) is 11.0 Å². The molecule has 0 spiro atoms. The van der Waals surface area contributed by atoms with Crippen molar-refractivity contribution < 1.29 is 18.8 Å². The van der Waals surface area contributed by atoms with E-state index >= 15 is 0 Å². The van der Waals surface area contributed by atoms with Crippen LogP contribution in [0.3, 0.4) is 0 Å². The SMILES string of the molecule is O=C(CN1C(=O)N(C2CCCCC2)C(=O)C2CCCC21)Nc1cccc(F)c1. The zero-order valence-corrected chi connectivity index (χ0v) is 15.9. The Morgan fingerprint density at radius 3 is 2.61 bits per heavy atom. The van der Waals surface area contributed by atoms with Gasteiger partial charge >= 0.3 is 6.03 Å². The first-order valence-electron chi connectivity index (χ1n) is 10.2. The highest BCUT2D eigenvalue weighted by atomic mass is 19.1. The van der Waals surface area contributed by atoms with E-state index in [-0.39, 0.29) is 42.4 Å². The minimum absolute atomic E-state index is 0.0518. The van der Waals surface area contributed by atoms with Gasteiger partial charge in [0, 0.05) is 17.8 Å². The molecule has 0 bridgehead atoms. The maximum atomic E-state index is 13.4. The number of halogens is 1. The van der Waals surface area contributed by atoms with E-state index in [9.17, 15) is 18.8 Å². The van der Waals surface area contributed by atoms with Crippen molar-refractivity contribution in [2.24, 2.45) is 5.92 Å².